The quantitative estimate of drug-likeness (QED) is 0.644. The Bertz CT molecular complexity index is 735. The third kappa shape index (κ3) is 5.64. The van der Waals surface area contributed by atoms with Crippen LogP contribution in [0.5, 0.6) is 0 Å². The molecule has 9 nitrogen and oxygen atoms in total. The van der Waals surface area contributed by atoms with Crippen LogP contribution in [0.1, 0.15) is 54.4 Å². The minimum atomic E-state index is -0.833. The van der Waals surface area contributed by atoms with E-state index < -0.39 is 47.1 Å². The van der Waals surface area contributed by atoms with E-state index in [1.165, 1.54) is 19.1 Å². The van der Waals surface area contributed by atoms with Crippen molar-refractivity contribution in [3.05, 3.63) is 0 Å². The highest BCUT2D eigenvalue weighted by molar-refractivity contribution is 7.99. The maximum atomic E-state index is 13.4. The molecule has 4 atom stereocenters. The maximum absolute atomic E-state index is 13.4. The molecule has 3 amide bonds. The number of ether oxygens (including phenoxy) is 2. The summed E-state index contributed by atoms with van der Waals surface area (Å²) in [5, 5.41) is 2.64. The predicted octanol–water partition coefficient (Wildman–Crippen LogP) is 1.99. The van der Waals surface area contributed by atoms with Gasteiger partial charge in [0.15, 0.2) is 0 Å². The summed E-state index contributed by atoms with van der Waals surface area (Å²) in [6, 6.07) is -2.32. The number of nitrogens with zero attached hydrogens (tertiary/aromatic N) is 2. The number of nitrogens with one attached hydrogen (secondary N) is 1. The van der Waals surface area contributed by atoms with E-state index in [0.29, 0.717) is 18.6 Å². The first-order valence-electron chi connectivity index (χ1n) is 10.5. The predicted molar refractivity (Wildman–Crippen MR) is 117 cm³/mol. The van der Waals surface area contributed by atoms with Gasteiger partial charge in [-0.15, -0.1) is 11.8 Å². The smallest absolute Gasteiger partial charge is 0.410 e. The molecule has 2 heterocycles. The number of thioether (sulfide) groups is 1. The molecule has 0 aromatic rings. The Balaban J connectivity index is 2.14. The largest absolute Gasteiger partial charge is 0.467 e. The zero-order chi connectivity index (χ0) is 23.7. The molecule has 2 fully saturated rings. The fraction of sp³-hybridized carbons (Fsp3) is 0.810. The molecule has 0 aliphatic carbocycles. The van der Waals surface area contributed by atoms with Crippen LogP contribution < -0.4 is 5.32 Å². The lowest BCUT2D eigenvalue weighted by Crippen LogP contribution is -2.57. The molecule has 1 N–H and O–H groups in total. The molecule has 31 heavy (non-hydrogen) atoms. The second kappa shape index (κ2) is 9.26. The Morgan fingerprint density at radius 3 is 2.45 bits per heavy atom. The van der Waals surface area contributed by atoms with Crippen molar-refractivity contribution < 1.29 is 28.7 Å². The van der Waals surface area contributed by atoms with Gasteiger partial charge in [0.05, 0.1) is 12.5 Å². The molecule has 2 aliphatic rings. The van der Waals surface area contributed by atoms with Crippen LogP contribution in [0.4, 0.5) is 4.79 Å². The summed E-state index contributed by atoms with van der Waals surface area (Å²) in [6.07, 6.45) is 0.492. The van der Waals surface area contributed by atoms with Crippen LogP contribution in [0, 0.1) is 5.41 Å². The Labute approximate surface area is 188 Å². The molecule has 2 rings (SSSR count). The van der Waals surface area contributed by atoms with Gasteiger partial charge in [0.25, 0.3) is 0 Å². The first-order chi connectivity index (χ1) is 14.2. The summed E-state index contributed by atoms with van der Waals surface area (Å²) in [5.41, 5.74) is -1.12. The van der Waals surface area contributed by atoms with Crippen LogP contribution in [-0.4, -0.2) is 82.7 Å². The second-order valence-electron chi connectivity index (χ2n) is 9.81. The highest BCUT2D eigenvalue weighted by atomic mass is 32.2. The third-order valence-electron chi connectivity index (χ3n) is 5.68. The number of carbonyl (C=O) groups excluding carboxylic acids is 4. The monoisotopic (exact) mass is 457 g/mol. The Morgan fingerprint density at radius 1 is 1.29 bits per heavy atom. The minimum Gasteiger partial charge on any atom is -0.467 e. The highest BCUT2D eigenvalue weighted by Gasteiger charge is 2.55. The molecule has 2 aliphatic heterocycles. The number of esters is 1. The van der Waals surface area contributed by atoms with Crippen LogP contribution in [0.25, 0.3) is 0 Å². The molecule has 0 spiro atoms. The Morgan fingerprint density at radius 2 is 1.90 bits per heavy atom. The lowest BCUT2D eigenvalue weighted by atomic mass is 9.84. The summed E-state index contributed by atoms with van der Waals surface area (Å²) in [5.74, 6) is -0.538. The molecule has 2 saturated heterocycles. The second-order valence-corrected chi connectivity index (χ2v) is 11.1. The molecule has 0 aromatic carbocycles. The van der Waals surface area contributed by atoms with Gasteiger partial charge in [-0.2, -0.15) is 0 Å². The highest BCUT2D eigenvalue weighted by Crippen LogP contribution is 2.46. The number of carbonyl (C=O) groups is 4. The van der Waals surface area contributed by atoms with E-state index >= 15 is 0 Å². The number of fused-ring (bicyclic) bond motifs is 1. The van der Waals surface area contributed by atoms with Gasteiger partial charge >= 0.3 is 12.1 Å². The SMILES string of the molecule is COC(=O)[C@H]1N2C(=O)[C@@H](NC(=O)[C@H](C)N(C)C(=O)OC(C)(C)C)CCS[C@H]2CC1(C)C. The fourth-order valence-corrected chi connectivity index (χ4v) is 5.45. The molecular formula is C21H35N3O6S. The molecule has 0 unspecified atom stereocenters. The summed E-state index contributed by atoms with van der Waals surface area (Å²) in [4.78, 5) is 53.8. The lowest BCUT2D eigenvalue weighted by Gasteiger charge is -2.33. The molecule has 176 valence electrons. The number of rotatable bonds is 4. The van der Waals surface area contributed by atoms with E-state index in [1.807, 2.05) is 13.8 Å². The van der Waals surface area contributed by atoms with Crippen molar-refractivity contribution in [2.24, 2.45) is 5.41 Å². The number of amides is 3. The van der Waals surface area contributed by atoms with E-state index in [-0.39, 0.29) is 11.3 Å². The van der Waals surface area contributed by atoms with E-state index in [2.05, 4.69) is 5.32 Å². The lowest BCUT2D eigenvalue weighted by molar-refractivity contribution is -0.155. The molecule has 0 saturated carbocycles. The van der Waals surface area contributed by atoms with E-state index in [0.717, 1.165) is 0 Å². The van der Waals surface area contributed by atoms with Gasteiger partial charge in [0.2, 0.25) is 11.8 Å². The van der Waals surface area contributed by atoms with Crippen LogP contribution in [0.2, 0.25) is 0 Å². The first-order valence-corrected chi connectivity index (χ1v) is 11.5. The van der Waals surface area contributed by atoms with Crippen molar-refractivity contribution in [1.82, 2.24) is 15.1 Å². The summed E-state index contributed by atoms with van der Waals surface area (Å²) >= 11 is 1.61. The summed E-state index contributed by atoms with van der Waals surface area (Å²) in [6.45, 7) is 10.7. The van der Waals surface area contributed by atoms with Gasteiger partial charge in [-0.1, -0.05) is 13.8 Å². The average Bonchev–Trinajstić information content (AvgIpc) is 2.84. The van der Waals surface area contributed by atoms with Crippen molar-refractivity contribution in [1.29, 1.82) is 0 Å². The van der Waals surface area contributed by atoms with Crippen LogP contribution in [-0.2, 0) is 23.9 Å². The molecule has 0 radical (unpaired) electrons. The standard InChI is InChI=1S/C21H35N3O6S/c1-12(23(7)19(28)30-20(2,3)4)16(25)22-13-9-10-31-14-11-21(5,6)15(18(27)29-8)24(14)17(13)26/h12-15H,9-11H2,1-8H3,(H,22,25)/t12-,13-,14-,15+/m0/s1. The molecule has 0 aromatic heterocycles. The van der Waals surface area contributed by atoms with E-state index in [9.17, 15) is 19.2 Å². The van der Waals surface area contributed by atoms with Gasteiger partial charge in [-0.25, -0.2) is 9.59 Å². The maximum Gasteiger partial charge on any atom is 0.410 e. The van der Waals surface area contributed by atoms with Crippen molar-refractivity contribution in [3.63, 3.8) is 0 Å². The number of likely N-dealkylation sites (N-methyl/N-ethyl adjacent to an activating group) is 1. The van der Waals surface area contributed by atoms with Crippen molar-refractivity contribution in [2.45, 2.75) is 83.5 Å². The van der Waals surface area contributed by atoms with Gasteiger partial charge in [-0.3, -0.25) is 14.5 Å². The normalized spacial score (nSPS) is 26.4. The first kappa shape index (κ1) is 25.3. The fourth-order valence-electron chi connectivity index (χ4n) is 3.87. The Hall–Kier alpha value is -1.97. The number of hydrogen-bond donors (Lipinski definition) is 1. The molecular weight excluding hydrogens is 422 g/mol. The van der Waals surface area contributed by atoms with Crippen LogP contribution in [0.3, 0.4) is 0 Å². The third-order valence-corrected chi connectivity index (χ3v) is 6.93. The summed E-state index contributed by atoms with van der Waals surface area (Å²) in [7, 11) is 2.80. The van der Waals surface area contributed by atoms with Crippen molar-refractivity contribution >= 4 is 35.6 Å². The van der Waals surface area contributed by atoms with Crippen LogP contribution in [0.15, 0.2) is 0 Å². The van der Waals surface area contributed by atoms with Crippen LogP contribution >= 0.6 is 11.8 Å². The average molecular weight is 458 g/mol. The molecule has 10 heteroatoms. The van der Waals surface area contributed by atoms with Crippen molar-refractivity contribution in [2.75, 3.05) is 19.9 Å². The van der Waals surface area contributed by atoms with Gasteiger partial charge < -0.3 is 19.7 Å². The zero-order valence-corrected chi connectivity index (χ0v) is 20.5. The van der Waals surface area contributed by atoms with E-state index in [1.54, 1.807) is 44.4 Å². The van der Waals surface area contributed by atoms with Gasteiger partial charge in [0, 0.05) is 7.05 Å². The molecule has 0 bridgehead atoms. The van der Waals surface area contributed by atoms with Gasteiger partial charge in [-0.05, 0) is 51.7 Å². The van der Waals surface area contributed by atoms with Crippen molar-refractivity contribution in [3.8, 4) is 0 Å². The number of hydrogen-bond acceptors (Lipinski definition) is 7. The zero-order valence-electron chi connectivity index (χ0n) is 19.7. The van der Waals surface area contributed by atoms with Gasteiger partial charge in [0.1, 0.15) is 23.7 Å². The summed E-state index contributed by atoms with van der Waals surface area (Å²) < 4.78 is 10.3. The number of methoxy groups -OCH3 is 1. The Kier molecular flexibility index (Phi) is 7.55. The van der Waals surface area contributed by atoms with E-state index in [4.69, 9.17) is 9.47 Å². The minimum absolute atomic E-state index is 0.143. The topological polar surface area (TPSA) is 105 Å².